The van der Waals surface area contributed by atoms with Crippen molar-refractivity contribution >= 4 is 27.8 Å². The van der Waals surface area contributed by atoms with Gasteiger partial charge in [0, 0.05) is 17.0 Å². The lowest BCUT2D eigenvalue weighted by Gasteiger charge is -2.30. The zero-order valence-electron chi connectivity index (χ0n) is 20.5. The summed E-state index contributed by atoms with van der Waals surface area (Å²) >= 11 is 1.42. The van der Waals surface area contributed by atoms with Gasteiger partial charge in [0.05, 0.1) is 16.9 Å². The van der Waals surface area contributed by atoms with Crippen molar-refractivity contribution in [2.24, 2.45) is 5.92 Å². The smallest absolute Gasteiger partial charge is 0.309 e. The minimum absolute atomic E-state index is 0.150. The van der Waals surface area contributed by atoms with Crippen LogP contribution in [0, 0.1) is 25.6 Å². The van der Waals surface area contributed by atoms with Gasteiger partial charge in [0.15, 0.2) is 0 Å². The third-order valence-electron chi connectivity index (χ3n) is 6.75. The van der Waals surface area contributed by atoms with E-state index in [1.807, 2.05) is 45.0 Å². The molecule has 4 atom stereocenters. The van der Waals surface area contributed by atoms with E-state index < -0.39 is 39.2 Å². The molecule has 0 aromatic heterocycles. The molecule has 3 aromatic rings. The van der Waals surface area contributed by atoms with E-state index in [-0.39, 0.29) is 10.7 Å². The summed E-state index contributed by atoms with van der Waals surface area (Å²) in [5.41, 5.74) is 3.46. The highest BCUT2D eigenvalue weighted by Crippen LogP contribution is 2.50. The maximum Gasteiger partial charge on any atom is 0.309 e. The Morgan fingerprint density at radius 3 is 2.03 bits per heavy atom. The van der Waals surface area contributed by atoms with Crippen LogP contribution < -0.4 is 0 Å². The fourth-order valence-electron chi connectivity index (χ4n) is 4.88. The highest BCUT2D eigenvalue weighted by molar-refractivity contribution is 7.99. The molecule has 4 rings (SSSR count). The van der Waals surface area contributed by atoms with E-state index in [9.17, 15) is 22.7 Å². The molecular formula is C28H30FNO4S2. The molecule has 0 unspecified atom stereocenters. The SMILES string of the molecule is CC[C@@H]1[C@@H](SCc2ccc(F)cc2)[C@@H](C(=O)O)[C@H](c2ccc(C)cc2)N1S(=O)(=O)c1ccc(C)cc1. The van der Waals surface area contributed by atoms with Gasteiger partial charge in [-0.3, -0.25) is 4.79 Å². The fraction of sp³-hybridized carbons (Fsp3) is 0.321. The third kappa shape index (κ3) is 5.21. The highest BCUT2D eigenvalue weighted by Gasteiger charge is 2.56. The van der Waals surface area contributed by atoms with Crippen LogP contribution in [0.5, 0.6) is 0 Å². The first-order valence-corrected chi connectivity index (χ1v) is 14.4. The molecule has 0 bridgehead atoms. The summed E-state index contributed by atoms with van der Waals surface area (Å²) in [5, 5.41) is 9.93. The second-order valence-corrected chi connectivity index (χ2v) is 12.3. The summed E-state index contributed by atoms with van der Waals surface area (Å²) in [4.78, 5) is 12.9. The normalized spacial score (nSPS) is 22.6. The summed E-state index contributed by atoms with van der Waals surface area (Å²) in [6.07, 6.45) is 0.457. The van der Waals surface area contributed by atoms with Crippen LogP contribution in [0.3, 0.4) is 0 Å². The monoisotopic (exact) mass is 527 g/mol. The first kappa shape index (κ1) is 26.4. The predicted molar refractivity (Wildman–Crippen MR) is 141 cm³/mol. The van der Waals surface area contributed by atoms with Crippen LogP contribution in [0.4, 0.5) is 4.39 Å². The topological polar surface area (TPSA) is 74.7 Å². The Morgan fingerprint density at radius 1 is 0.944 bits per heavy atom. The van der Waals surface area contributed by atoms with Crippen LogP contribution in [-0.4, -0.2) is 35.1 Å². The lowest BCUT2D eigenvalue weighted by Crippen LogP contribution is -2.39. The molecule has 1 aliphatic rings. The van der Waals surface area contributed by atoms with Gasteiger partial charge < -0.3 is 5.11 Å². The summed E-state index contributed by atoms with van der Waals surface area (Å²) in [6.45, 7) is 5.72. The first-order chi connectivity index (χ1) is 17.1. The molecule has 0 spiro atoms. The van der Waals surface area contributed by atoms with E-state index in [2.05, 4.69) is 0 Å². The summed E-state index contributed by atoms with van der Waals surface area (Å²) < 4.78 is 43.0. The number of sulfonamides is 1. The van der Waals surface area contributed by atoms with Gasteiger partial charge >= 0.3 is 5.97 Å². The van der Waals surface area contributed by atoms with E-state index in [0.717, 1.165) is 16.7 Å². The number of aliphatic carboxylic acids is 1. The fourth-order valence-corrected chi connectivity index (χ4v) is 8.47. The number of hydrogen-bond acceptors (Lipinski definition) is 4. The minimum Gasteiger partial charge on any atom is -0.481 e. The van der Waals surface area contributed by atoms with E-state index in [0.29, 0.717) is 17.7 Å². The number of aryl methyl sites for hydroxylation is 2. The molecule has 8 heteroatoms. The van der Waals surface area contributed by atoms with Crippen LogP contribution in [0.1, 0.15) is 41.6 Å². The van der Waals surface area contributed by atoms with Gasteiger partial charge in [-0.05, 0) is 55.7 Å². The average molecular weight is 528 g/mol. The Balaban J connectivity index is 1.82. The van der Waals surface area contributed by atoms with Gasteiger partial charge in [-0.15, -0.1) is 0 Å². The molecule has 0 saturated carbocycles. The van der Waals surface area contributed by atoms with E-state index in [4.69, 9.17) is 0 Å². The number of benzene rings is 3. The van der Waals surface area contributed by atoms with Crippen molar-refractivity contribution in [1.82, 2.24) is 4.31 Å². The van der Waals surface area contributed by atoms with Crippen molar-refractivity contribution in [1.29, 1.82) is 0 Å². The van der Waals surface area contributed by atoms with Gasteiger partial charge in [-0.25, -0.2) is 12.8 Å². The standard InChI is InChI=1S/C28H30FNO4S2/c1-4-24-27(35-17-20-9-13-22(29)14-10-20)25(28(31)32)26(21-11-5-18(2)6-12-21)30(24)36(33,34)23-15-7-19(3)8-16-23/h5-16,24-27H,4,17H2,1-3H3,(H,31,32)/t24-,25+,26+,27-/m1/s1. The molecule has 1 N–H and O–H groups in total. The Kier molecular flexibility index (Phi) is 7.87. The van der Waals surface area contributed by atoms with Crippen molar-refractivity contribution in [2.75, 3.05) is 0 Å². The Hall–Kier alpha value is -2.68. The first-order valence-electron chi connectivity index (χ1n) is 11.9. The predicted octanol–water partition coefficient (Wildman–Crippen LogP) is 5.97. The van der Waals surface area contributed by atoms with Crippen molar-refractivity contribution < 1.29 is 22.7 Å². The zero-order chi connectivity index (χ0) is 26.0. The summed E-state index contributed by atoms with van der Waals surface area (Å²) in [7, 11) is -4.01. The number of carbonyl (C=O) groups is 1. The molecule has 3 aromatic carbocycles. The molecule has 0 amide bonds. The van der Waals surface area contributed by atoms with E-state index in [1.54, 1.807) is 36.4 Å². The lowest BCUT2D eigenvalue weighted by atomic mass is 9.92. The van der Waals surface area contributed by atoms with Gasteiger partial charge in [0.2, 0.25) is 10.0 Å². The molecule has 5 nitrogen and oxygen atoms in total. The number of halogens is 1. The largest absolute Gasteiger partial charge is 0.481 e. The van der Waals surface area contributed by atoms with Gasteiger partial charge in [-0.2, -0.15) is 16.1 Å². The van der Waals surface area contributed by atoms with E-state index in [1.165, 1.54) is 28.2 Å². The molecule has 190 valence electrons. The average Bonchev–Trinajstić information content (AvgIpc) is 3.19. The van der Waals surface area contributed by atoms with Gasteiger partial charge in [0.25, 0.3) is 0 Å². The van der Waals surface area contributed by atoms with Gasteiger partial charge in [0.1, 0.15) is 5.82 Å². The number of rotatable bonds is 8. The van der Waals surface area contributed by atoms with Gasteiger partial charge in [-0.1, -0.05) is 66.6 Å². The minimum atomic E-state index is -4.01. The molecular weight excluding hydrogens is 497 g/mol. The molecule has 0 radical (unpaired) electrons. The zero-order valence-corrected chi connectivity index (χ0v) is 22.1. The molecule has 1 heterocycles. The second-order valence-electron chi connectivity index (χ2n) is 9.25. The number of nitrogens with zero attached hydrogens (tertiary/aromatic N) is 1. The maximum absolute atomic E-state index is 14.1. The van der Waals surface area contributed by atoms with Crippen LogP contribution in [0.2, 0.25) is 0 Å². The van der Waals surface area contributed by atoms with Crippen molar-refractivity contribution in [3.8, 4) is 0 Å². The molecule has 0 aliphatic carbocycles. The van der Waals surface area contributed by atoms with E-state index >= 15 is 0 Å². The lowest BCUT2D eigenvalue weighted by molar-refractivity contribution is -0.142. The maximum atomic E-state index is 14.1. The molecule has 1 fully saturated rings. The number of carboxylic acids is 1. The number of thioether (sulfide) groups is 1. The van der Waals surface area contributed by atoms with Crippen LogP contribution in [0.25, 0.3) is 0 Å². The highest BCUT2D eigenvalue weighted by atomic mass is 32.2. The van der Waals surface area contributed by atoms with Crippen molar-refractivity contribution in [3.05, 3.63) is 101 Å². The Bertz CT molecular complexity index is 1310. The van der Waals surface area contributed by atoms with Crippen molar-refractivity contribution in [3.63, 3.8) is 0 Å². The molecule has 1 saturated heterocycles. The van der Waals surface area contributed by atoms with Crippen LogP contribution >= 0.6 is 11.8 Å². The molecule has 1 aliphatic heterocycles. The Morgan fingerprint density at radius 2 is 1.50 bits per heavy atom. The number of hydrogen-bond donors (Lipinski definition) is 1. The summed E-state index contributed by atoms with van der Waals surface area (Å²) in [5.74, 6) is -1.88. The Labute approximate surface area is 216 Å². The second kappa shape index (κ2) is 10.7. The quantitative estimate of drug-likeness (QED) is 0.391. The van der Waals surface area contributed by atoms with Crippen molar-refractivity contribution in [2.45, 2.75) is 55.2 Å². The van der Waals surface area contributed by atoms with Crippen LogP contribution in [0.15, 0.2) is 77.7 Å². The third-order valence-corrected chi connectivity index (χ3v) is 10.2. The van der Waals surface area contributed by atoms with Crippen LogP contribution in [-0.2, 0) is 20.6 Å². The molecule has 36 heavy (non-hydrogen) atoms. The number of carboxylic acid groups (broad SMARTS) is 1. The summed E-state index contributed by atoms with van der Waals surface area (Å²) in [6, 6.07) is 18.8.